The fourth-order valence-corrected chi connectivity index (χ4v) is 10.3. The Morgan fingerprint density at radius 2 is 1.50 bits per heavy atom. The van der Waals surface area contributed by atoms with Gasteiger partial charge in [-0.2, -0.15) is 0 Å². The molecule has 42 heavy (non-hydrogen) atoms. The largest absolute Gasteiger partial charge is 0.480 e. The van der Waals surface area contributed by atoms with Crippen molar-refractivity contribution >= 4 is 86.4 Å². The molecule has 1 spiro atoms. The second-order valence-electron chi connectivity index (χ2n) is 10.5. The molecule has 0 bridgehead atoms. The Bertz CT molecular complexity index is 1580. The second-order valence-corrected chi connectivity index (χ2v) is 14.1. The van der Waals surface area contributed by atoms with Gasteiger partial charge in [0.1, 0.15) is 26.5 Å². The molecule has 0 radical (unpaired) electrons. The van der Waals surface area contributed by atoms with Gasteiger partial charge in [-0.3, -0.25) is 29.0 Å². The molecule has 4 unspecified atom stereocenters. The third-order valence-corrected chi connectivity index (χ3v) is 11.1. The Hall–Kier alpha value is -3.32. The predicted molar refractivity (Wildman–Crippen MR) is 171 cm³/mol. The summed E-state index contributed by atoms with van der Waals surface area (Å²) in [7, 11) is 0. The van der Waals surface area contributed by atoms with Crippen molar-refractivity contribution in [3.63, 3.8) is 0 Å². The van der Waals surface area contributed by atoms with Gasteiger partial charge >= 0.3 is 11.9 Å². The van der Waals surface area contributed by atoms with Gasteiger partial charge in [0.15, 0.2) is 0 Å². The number of hydrogen-bond acceptors (Lipinski definition) is 8. The summed E-state index contributed by atoms with van der Waals surface area (Å²) >= 11 is 13.2. The molecule has 2 heterocycles. The first kappa shape index (κ1) is 30.1. The first-order valence-corrected chi connectivity index (χ1v) is 15.4. The molecule has 1 saturated carbocycles. The molecule has 8 nitrogen and oxygen atoms in total. The zero-order valence-electron chi connectivity index (χ0n) is 22.6. The summed E-state index contributed by atoms with van der Waals surface area (Å²) in [5, 5.41) is 18.9. The maximum absolute atomic E-state index is 14.4. The maximum Gasteiger partial charge on any atom is 0.323 e. The number of allylic oxidation sites excluding steroid dienone is 2. The van der Waals surface area contributed by atoms with E-state index >= 15 is 0 Å². The number of aliphatic carboxylic acids is 2. The van der Waals surface area contributed by atoms with Crippen LogP contribution in [0.4, 0.5) is 0 Å². The molecule has 216 valence electrons. The van der Waals surface area contributed by atoms with Gasteiger partial charge in [-0.25, -0.2) is 0 Å². The highest BCUT2D eigenvalue weighted by Crippen LogP contribution is 2.74. The molecule has 1 aliphatic carbocycles. The van der Waals surface area contributed by atoms with Crippen molar-refractivity contribution in [3.05, 3.63) is 88.3 Å². The van der Waals surface area contributed by atoms with Crippen LogP contribution in [0.5, 0.6) is 0 Å². The maximum atomic E-state index is 14.4. The Morgan fingerprint density at radius 3 is 2.10 bits per heavy atom. The average molecular weight is 639 g/mol. The number of amides is 2. The molecule has 2 N–H and O–H groups in total. The number of nitrogens with zero attached hydrogens (tertiary/aromatic N) is 2. The molecule has 3 fully saturated rings. The van der Waals surface area contributed by atoms with Gasteiger partial charge < -0.3 is 10.2 Å². The van der Waals surface area contributed by atoms with Gasteiger partial charge in [0.05, 0.1) is 4.91 Å². The number of carbonyl (C=O) groups is 4. The fourth-order valence-electron chi connectivity index (χ4n) is 6.53. The van der Waals surface area contributed by atoms with E-state index < -0.39 is 52.9 Å². The molecule has 3 aliphatic rings. The minimum Gasteiger partial charge on any atom is -0.480 e. The van der Waals surface area contributed by atoms with E-state index in [0.717, 1.165) is 38.3 Å². The quantitative estimate of drug-likeness (QED) is 0.302. The SMILES string of the molecule is C/C(=C\c1ccccc1)C1C(C)(C=C2SC(=S)N(CC(=O)O)C2=O)C(c2ccccc2)C12SC(=S)N(CC(=O)O)C2=O. The lowest BCUT2D eigenvalue weighted by Gasteiger charge is -2.64. The molecule has 2 aromatic rings. The van der Waals surface area contributed by atoms with Crippen LogP contribution in [0.1, 0.15) is 30.9 Å². The third-order valence-electron chi connectivity index (χ3n) is 7.84. The van der Waals surface area contributed by atoms with Crippen LogP contribution in [-0.2, 0) is 19.2 Å². The molecule has 2 aliphatic heterocycles. The zero-order valence-corrected chi connectivity index (χ0v) is 25.8. The van der Waals surface area contributed by atoms with Crippen LogP contribution >= 0.6 is 48.0 Å². The van der Waals surface area contributed by atoms with E-state index in [1.54, 1.807) is 0 Å². The van der Waals surface area contributed by atoms with Crippen LogP contribution in [0.3, 0.4) is 0 Å². The topological polar surface area (TPSA) is 115 Å². The van der Waals surface area contributed by atoms with Crippen LogP contribution in [0, 0.1) is 11.3 Å². The minimum absolute atomic E-state index is 0.149. The fraction of sp³-hybridized carbons (Fsp3) is 0.267. The first-order valence-electron chi connectivity index (χ1n) is 12.9. The lowest BCUT2D eigenvalue weighted by Crippen LogP contribution is -2.68. The van der Waals surface area contributed by atoms with E-state index in [0.29, 0.717) is 0 Å². The lowest BCUT2D eigenvalue weighted by molar-refractivity contribution is -0.146. The van der Waals surface area contributed by atoms with Crippen molar-refractivity contribution in [2.75, 3.05) is 13.1 Å². The highest BCUT2D eigenvalue weighted by atomic mass is 32.2. The lowest BCUT2D eigenvalue weighted by atomic mass is 9.43. The number of thioether (sulfide) groups is 2. The van der Waals surface area contributed by atoms with E-state index in [1.165, 1.54) is 11.8 Å². The van der Waals surface area contributed by atoms with Crippen molar-refractivity contribution in [1.82, 2.24) is 9.80 Å². The molecular weight excluding hydrogens is 613 g/mol. The van der Waals surface area contributed by atoms with Crippen molar-refractivity contribution in [3.8, 4) is 0 Å². The van der Waals surface area contributed by atoms with Gasteiger partial charge in [0.25, 0.3) is 5.91 Å². The predicted octanol–water partition coefficient (Wildman–Crippen LogP) is 5.02. The minimum atomic E-state index is -1.18. The first-order chi connectivity index (χ1) is 19.9. The van der Waals surface area contributed by atoms with E-state index in [2.05, 4.69) is 0 Å². The summed E-state index contributed by atoms with van der Waals surface area (Å²) in [6.45, 7) is 2.81. The van der Waals surface area contributed by atoms with Crippen LogP contribution < -0.4 is 0 Å². The number of carboxylic acid groups (broad SMARTS) is 2. The number of carboxylic acids is 2. The molecule has 5 rings (SSSR count). The molecule has 2 saturated heterocycles. The van der Waals surface area contributed by atoms with Crippen LogP contribution in [0.15, 0.2) is 77.2 Å². The van der Waals surface area contributed by atoms with E-state index in [4.69, 9.17) is 24.4 Å². The van der Waals surface area contributed by atoms with Crippen molar-refractivity contribution in [2.45, 2.75) is 24.5 Å². The van der Waals surface area contributed by atoms with Gasteiger partial charge in [-0.1, -0.05) is 133 Å². The zero-order chi connectivity index (χ0) is 30.4. The Balaban J connectivity index is 1.71. The number of carbonyl (C=O) groups excluding carboxylic acids is 2. The Kier molecular flexibility index (Phi) is 8.18. The molecule has 2 amide bonds. The van der Waals surface area contributed by atoms with Crippen molar-refractivity contribution < 1.29 is 29.4 Å². The normalized spacial score (nSPS) is 28.6. The summed E-state index contributed by atoms with van der Waals surface area (Å²) < 4.78 is -0.839. The smallest absolute Gasteiger partial charge is 0.323 e. The van der Waals surface area contributed by atoms with Gasteiger partial charge in [-0.05, 0) is 18.1 Å². The van der Waals surface area contributed by atoms with Crippen LogP contribution in [-0.4, -0.2) is 70.2 Å². The molecule has 2 aromatic carbocycles. The number of rotatable bonds is 8. The van der Waals surface area contributed by atoms with Crippen LogP contribution in [0.25, 0.3) is 6.08 Å². The Labute approximate surface area is 261 Å². The highest BCUT2D eigenvalue weighted by molar-refractivity contribution is 8.26. The highest BCUT2D eigenvalue weighted by Gasteiger charge is 2.76. The molecular formula is C30H26N2O6S4. The van der Waals surface area contributed by atoms with Gasteiger partial charge in [0, 0.05) is 17.3 Å². The van der Waals surface area contributed by atoms with Gasteiger partial charge in [0.2, 0.25) is 5.91 Å². The molecule has 4 atom stereocenters. The van der Waals surface area contributed by atoms with Crippen molar-refractivity contribution in [1.29, 1.82) is 0 Å². The van der Waals surface area contributed by atoms with E-state index in [-0.39, 0.29) is 19.5 Å². The number of thiocarbonyl (C=S) groups is 2. The van der Waals surface area contributed by atoms with Gasteiger partial charge in [-0.15, -0.1) is 0 Å². The average Bonchev–Trinajstić information content (AvgIpc) is 3.32. The number of hydrogen-bond donors (Lipinski definition) is 2. The van der Waals surface area contributed by atoms with Crippen LogP contribution in [0.2, 0.25) is 0 Å². The Morgan fingerprint density at radius 1 is 0.929 bits per heavy atom. The van der Waals surface area contributed by atoms with Crippen molar-refractivity contribution in [2.24, 2.45) is 11.3 Å². The van der Waals surface area contributed by atoms with E-state index in [9.17, 15) is 29.4 Å². The summed E-state index contributed by atoms with van der Waals surface area (Å²) in [6.07, 6.45) is 3.81. The molecule has 0 aromatic heterocycles. The third kappa shape index (κ3) is 5.00. The summed E-state index contributed by atoms with van der Waals surface area (Å²) in [5.41, 5.74) is 1.76. The standard InChI is InChI=1S/C30H26N2O6S4/c1-17(13-18-9-5-3-6-10-18)23-29(2,14-20-25(37)31(15-21(33)34)27(39)41-20)24(19-11-7-4-8-12-19)30(23)26(38)32(16-22(35)36)28(40)42-30/h3-14,23-24H,15-16H2,1-2H3,(H,33,34)(H,35,36)/b17-13+,20-14?. The second kappa shape index (κ2) is 11.4. The monoisotopic (exact) mass is 638 g/mol. The summed E-state index contributed by atoms with van der Waals surface area (Å²) in [6, 6.07) is 19.1. The van der Waals surface area contributed by atoms with E-state index in [1.807, 2.05) is 86.7 Å². The molecule has 12 heteroatoms. The summed E-state index contributed by atoms with van der Waals surface area (Å²) in [4.78, 5) is 53.4. The number of benzene rings is 2. The summed E-state index contributed by atoms with van der Waals surface area (Å²) in [5.74, 6) is -4.25.